The van der Waals surface area contributed by atoms with Crippen molar-refractivity contribution in [1.82, 2.24) is 9.97 Å². The molecule has 0 bridgehead atoms. The van der Waals surface area contributed by atoms with Gasteiger partial charge in [0.25, 0.3) is 13.4 Å². The molecule has 4 aliphatic heterocycles. The van der Waals surface area contributed by atoms with E-state index in [2.05, 4.69) is 312 Å². The van der Waals surface area contributed by atoms with Gasteiger partial charge in [0.1, 0.15) is 46.3 Å². The predicted octanol–water partition coefficient (Wildman–Crippen LogP) is 18.3. The van der Waals surface area contributed by atoms with E-state index in [1.165, 1.54) is 39.6 Å². The van der Waals surface area contributed by atoms with E-state index in [4.69, 9.17) is 19.4 Å². The number of hydrogen-bond donors (Lipinski definition) is 0. The summed E-state index contributed by atoms with van der Waals surface area (Å²) >= 11 is 0. The number of ether oxygens (including phenoxy) is 2. The van der Waals surface area contributed by atoms with Gasteiger partial charge in [-0.25, -0.2) is 9.97 Å². The monoisotopic (exact) mass is 1220 g/mol. The number of nitrogens with zero attached hydrogens (tertiary/aromatic N) is 6. The molecule has 0 spiro atoms. The first-order valence-corrected chi connectivity index (χ1v) is 34.1. The molecule has 2 aromatic heterocycles. The minimum atomic E-state index is -0.258. The van der Waals surface area contributed by atoms with Crippen LogP contribution >= 0.6 is 0 Å². The van der Waals surface area contributed by atoms with E-state index >= 15 is 0 Å². The minimum absolute atomic E-state index is 0.00772. The summed E-state index contributed by atoms with van der Waals surface area (Å²) in [6.07, 6.45) is 6.86. The first-order valence-electron chi connectivity index (χ1n) is 34.1. The Labute approximate surface area is 555 Å². The molecule has 6 aliphatic rings. The molecule has 462 valence electrons. The number of benzene rings is 9. The molecule has 0 amide bonds. The van der Waals surface area contributed by atoms with Crippen LogP contribution < -0.4 is 61.9 Å². The fourth-order valence-electron chi connectivity index (χ4n) is 17.0. The van der Waals surface area contributed by atoms with Crippen LogP contribution in [0, 0.1) is 5.92 Å². The lowest BCUT2D eigenvalue weighted by atomic mass is 9.31. The van der Waals surface area contributed by atoms with Crippen LogP contribution in [0.5, 0.6) is 23.0 Å². The smallest absolute Gasteiger partial charge is 0.258 e. The number of fused-ring (bicyclic) bond motifs is 10. The SMILES string of the molecule is CCCC(C)C1(C)CCC(C)(C)c2ccc(N3c4ccccc4B4c5cc6c(cc5Oc5cc(N(c7ccccc7)c7ccccc7)nc3c54)Oc3cc(N(c4ccccc4)c4ccccc4)nc4c3B6c3ccccc3N4c3ccc4c(c3)C(C)(C)CCC4(C)C)cc21. The van der Waals surface area contributed by atoms with Crippen LogP contribution in [0.3, 0.4) is 0 Å². The first-order chi connectivity index (χ1) is 45.6. The molecule has 17 rings (SSSR count). The third kappa shape index (κ3) is 9.02. The molecule has 2 unspecified atom stereocenters. The summed E-state index contributed by atoms with van der Waals surface area (Å²) in [5, 5.41) is 0. The Morgan fingerprint density at radius 2 is 0.787 bits per heavy atom. The average molecular weight is 1230 g/mol. The van der Waals surface area contributed by atoms with Gasteiger partial charge in [0.05, 0.1) is 0 Å². The van der Waals surface area contributed by atoms with Crippen LogP contribution in [0.25, 0.3) is 0 Å². The Morgan fingerprint density at radius 3 is 1.22 bits per heavy atom. The highest BCUT2D eigenvalue weighted by atomic mass is 16.5. The van der Waals surface area contributed by atoms with Gasteiger partial charge >= 0.3 is 0 Å². The van der Waals surface area contributed by atoms with Crippen molar-refractivity contribution in [2.75, 3.05) is 19.6 Å². The predicted molar refractivity (Wildman–Crippen MR) is 392 cm³/mol. The molecule has 10 heteroatoms. The van der Waals surface area contributed by atoms with Gasteiger partial charge in [0.2, 0.25) is 0 Å². The maximum absolute atomic E-state index is 7.65. The van der Waals surface area contributed by atoms with Gasteiger partial charge in [0.15, 0.2) is 0 Å². The number of aromatic nitrogens is 2. The van der Waals surface area contributed by atoms with Gasteiger partial charge in [0, 0.05) is 74.6 Å². The maximum atomic E-state index is 7.65. The summed E-state index contributed by atoms with van der Waals surface area (Å²) in [6.45, 7) is 21.4. The third-order valence-electron chi connectivity index (χ3n) is 22.5. The Morgan fingerprint density at radius 1 is 0.404 bits per heavy atom. The van der Waals surface area contributed by atoms with Gasteiger partial charge in [-0.2, -0.15) is 0 Å². The molecular weight excluding hydrogens is 1150 g/mol. The Bertz CT molecular complexity index is 4750. The van der Waals surface area contributed by atoms with Crippen molar-refractivity contribution < 1.29 is 9.47 Å². The second-order valence-electron chi connectivity index (χ2n) is 29.4. The van der Waals surface area contributed by atoms with Gasteiger partial charge in [-0.3, -0.25) is 19.6 Å². The van der Waals surface area contributed by atoms with Gasteiger partial charge in [-0.05, 0) is 182 Å². The molecule has 8 nitrogen and oxygen atoms in total. The van der Waals surface area contributed by atoms with Crippen molar-refractivity contribution >= 4 is 115 Å². The fraction of sp³-hybridized carbons (Fsp3) is 0.238. The largest absolute Gasteiger partial charge is 0.458 e. The van der Waals surface area contributed by atoms with Gasteiger partial charge < -0.3 is 9.47 Å². The van der Waals surface area contributed by atoms with Crippen LogP contribution in [0.4, 0.5) is 68.8 Å². The molecule has 94 heavy (non-hydrogen) atoms. The Kier molecular flexibility index (Phi) is 13.4. The van der Waals surface area contributed by atoms with E-state index in [9.17, 15) is 0 Å². The highest BCUT2D eigenvalue weighted by molar-refractivity contribution is 7.02. The van der Waals surface area contributed by atoms with Crippen molar-refractivity contribution in [2.24, 2.45) is 5.92 Å². The van der Waals surface area contributed by atoms with E-state index in [0.717, 1.165) is 146 Å². The van der Waals surface area contributed by atoms with E-state index in [1.54, 1.807) is 0 Å². The quantitative estimate of drug-likeness (QED) is 0.119. The summed E-state index contributed by atoms with van der Waals surface area (Å²) < 4.78 is 15.3. The highest BCUT2D eigenvalue weighted by Crippen LogP contribution is 2.55. The molecule has 0 fully saturated rings. The molecule has 2 aliphatic carbocycles. The normalized spacial score (nSPS) is 17.9. The van der Waals surface area contributed by atoms with Crippen LogP contribution in [-0.4, -0.2) is 23.4 Å². The summed E-state index contributed by atoms with van der Waals surface area (Å²) in [5.41, 5.74) is 20.7. The van der Waals surface area contributed by atoms with Crippen LogP contribution in [0.15, 0.2) is 231 Å². The Hall–Kier alpha value is -9.79. The second-order valence-corrected chi connectivity index (χ2v) is 29.4. The van der Waals surface area contributed by atoms with Gasteiger partial charge in [-0.1, -0.05) is 203 Å². The molecule has 9 aromatic carbocycles. The zero-order valence-corrected chi connectivity index (χ0v) is 55.4. The van der Waals surface area contributed by atoms with Crippen molar-refractivity contribution in [3.8, 4) is 23.0 Å². The molecule has 0 saturated carbocycles. The topological polar surface area (TPSA) is 57.2 Å². The van der Waals surface area contributed by atoms with E-state index in [-0.39, 0.29) is 35.1 Å². The van der Waals surface area contributed by atoms with Crippen LogP contribution in [0.1, 0.15) is 123 Å². The fourth-order valence-corrected chi connectivity index (χ4v) is 17.0. The third-order valence-corrected chi connectivity index (χ3v) is 22.5. The molecular formula is C84H78B2N6O2. The lowest BCUT2D eigenvalue weighted by Gasteiger charge is -2.48. The minimum Gasteiger partial charge on any atom is -0.458 e. The zero-order chi connectivity index (χ0) is 64.0. The lowest BCUT2D eigenvalue weighted by Crippen LogP contribution is -2.63. The van der Waals surface area contributed by atoms with E-state index < -0.39 is 0 Å². The second kappa shape index (κ2) is 21.6. The molecule has 0 radical (unpaired) electrons. The number of para-hydroxylation sites is 6. The van der Waals surface area contributed by atoms with Crippen LogP contribution in [-0.2, 0) is 21.7 Å². The number of hydrogen-bond acceptors (Lipinski definition) is 8. The molecule has 0 saturated heterocycles. The van der Waals surface area contributed by atoms with Crippen molar-refractivity contribution in [2.45, 2.75) is 122 Å². The average Bonchev–Trinajstić information content (AvgIpc) is 0.698. The van der Waals surface area contributed by atoms with Crippen molar-refractivity contribution in [3.05, 3.63) is 253 Å². The van der Waals surface area contributed by atoms with Crippen molar-refractivity contribution in [3.63, 3.8) is 0 Å². The molecule has 6 heterocycles. The highest BCUT2D eigenvalue weighted by Gasteiger charge is 2.50. The summed E-state index contributed by atoms with van der Waals surface area (Å²) in [6, 6.07) is 84.0. The molecule has 0 N–H and O–H groups in total. The number of pyridine rings is 2. The van der Waals surface area contributed by atoms with E-state index in [0.29, 0.717) is 5.92 Å². The standard InChI is InChI=1S/C84H78B2N6O2/c1-10-27-54(2)84(9)47-46-82(5,6)62-43-41-60(49-64(62)84)92-70-39-26-24-37-66(70)86-68-50-67-71(51-72(68)94-74-53-76(88-80(92)78(74)86)90(57-32-19-13-20-33-57)58-34-21-14-22-35-58)93-73-52-75(89(55-28-15-11-16-29-55)56-30-17-12-18-31-56)87-79-77(73)85(67)65-36-23-25-38-69(65)91(79)59-40-42-61-63(48-59)83(7,8)45-44-81(61,3)4/h11-26,28-43,48-54H,10,27,44-47H2,1-9H3. The number of anilines is 12. The maximum Gasteiger partial charge on any atom is 0.258 e. The zero-order valence-electron chi connectivity index (χ0n) is 55.4. The van der Waals surface area contributed by atoms with Crippen LogP contribution in [0.2, 0.25) is 0 Å². The molecule has 2 atom stereocenters. The number of rotatable bonds is 11. The van der Waals surface area contributed by atoms with Crippen molar-refractivity contribution in [1.29, 1.82) is 0 Å². The lowest BCUT2D eigenvalue weighted by molar-refractivity contribution is 0.222. The van der Waals surface area contributed by atoms with Gasteiger partial charge in [-0.15, -0.1) is 0 Å². The molecule has 11 aromatic rings. The Balaban J connectivity index is 0.896. The summed E-state index contributed by atoms with van der Waals surface area (Å²) in [4.78, 5) is 21.4. The van der Waals surface area contributed by atoms with E-state index in [1.807, 2.05) is 0 Å². The summed E-state index contributed by atoms with van der Waals surface area (Å²) in [7, 11) is 0. The first kappa shape index (κ1) is 58.1. The summed E-state index contributed by atoms with van der Waals surface area (Å²) in [5.74, 6) is 6.73.